The molecule has 3 unspecified atom stereocenters. The molecule has 1 aliphatic heterocycles. The van der Waals surface area contributed by atoms with E-state index in [1.807, 2.05) is 37.3 Å². The van der Waals surface area contributed by atoms with Crippen molar-refractivity contribution >= 4 is 27.5 Å². The topological polar surface area (TPSA) is 116 Å². The predicted molar refractivity (Wildman–Crippen MR) is 151 cm³/mol. The Labute approximate surface area is 231 Å². The summed E-state index contributed by atoms with van der Waals surface area (Å²) in [6.45, 7) is 2.22. The van der Waals surface area contributed by atoms with Crippen LogP contribution in [0.2, 0.25) is 0 Å². The van der Waals surface area contributed by atoms with Crippen molar-refractivity contribution < 1.29 is 23.1 Å². The van der Waals surface area contributed by atoms with Gasteiger partial charge in [0.1, 0.15) is 0 Å². The third-order valence-electron chi connectivity index (χ3n) is 8.68. The standard InChI is InChI=1S/C30H39N3O5S/c1-20(29(35)31-26-18-22-11-12-23(26)16-22)15-28(34)27(17-21-7-3-2-4-8-21)32-30(36)24-9-5-10-25(19-24)33-13-6-14-39(33,37)38/h2-5,7-10,19-20,22-23,26-28,34H,6,11-18H2,1H3,(H,31,35)(H,32,36)/t20-,22?,23?,26?,27+,28+/m1/s1. The highest BCUT2D eigenvalue weighted by Crippen LogP contribution is 2.44. The Morgan fingerprint density at radius 3 is 2.54 bits per heavy atom. The number of rotatable bonds is 10. The van der Waals surface area contributed by atoms with Gasteiger partial charge in [-0.15, -0.1) is 0 Å². The quantitative estimate of drug-likeness (QED) is 0.418. The third kappa shape index (κ3) is 6.47. The van der Waals surface area contributed by atoms with Crippen molar-refractivity contribution in [2.45, 2.75) is 70.1 Å². The van der Waals surface area contributed by atoms with E-state index in [2.05, 4.69) is 10.6 Å². The van der Waals surface area contributed by atoms with Gasteiger partial charge in [0.15, 0.2) is 0 Å². The molecule has 9 heteroatoms. The Morgan fingerprint density at radius 1 is 1.08 bits per heavy atom. The summed E-state index contributed by atoms with van der Waals surface area (Å²) in [7, 11) is -3.37. The van der Waals surface area contributed by atoms with Crippen molar-refractivity contribution in [3.05, 3.63) is 65.7 Å². The van der Waals surface area contributed by atoms with Gasteiger partial charge < -0.3 is 15.7 Å². The lowest BCUT2D eigenvalue weighted by Gasteiger charge is -2.28. The lowest BCUT2D eigenvalue weighted by atomic mass is 9.92. The first-order valence-electron chi connectivity index (χ1n) is 14.1. The molecule has 2 saturated carbocycles. The Bertz CT molecular complexity index is 1280. The minimum atomic E-state index is -3.37. The lowest BCUT2D eigenvalue weighted by Crippen LogP contribution is -2.47. The van der Waals surface area contributed by atoms with E-state index in [9.17, 15) is 23.1 Å². The highest BCUT2D eigenvalue weighted by molar-refractivity contribution is 7.93. The fourth-order valence-electron chi connectivity index (χ4n) is 6.51. The van der Waals surface area contributed by atoms with Crippen LogP contribution < -0.4 is 14.9 Å². The van der Waals surface area contributed by atoms with E-state index >= 15 is 0 Å². The van der Waals surface area contributed by atoms with Crippen molar-refractivity contribution in [1.29, 1.82) is 0 Å². The molecule has 2 bridgehead atoms. The molecule has 210 valence electrons. The molecule has 0 aromatic heterocycles. The van der Waals surface area contributed by atoms with Crippen LogP contribution >= 0.6 is 0 Å². The lowest BCUT2D eigenvalue weighted by molar-refractivity contribution is -0.126. The average Bonchev–Trinajstić information content (AvgIpc) is 3.64. The van der Waals surface area contributed by atoms with E-state index < -0.39 is 34.0 Å². The average molecular weight is 554 g/mol. The smallest absolute Gasteiger partial charge is 0.251 e. The van der Waals surface area contributed by atoms with Gasteiger partial charge in [0.05, 0.1) is 23.6 Å². The fraction of sp³-hybridized carbons (Fsp3) is 0.533. The molecule has 1 heterocycles. The second-order valence-corrected chi connectivity index (χ2v) is 13.6. The van der Waals surface area contributed by atoms with Gasteiger partial charge in [0.25, 0.3) is 5.91 Å². The normalized spacial score (nSPS) is 25.7. The minimum Gasteiger partial charge on any atom is -0.391 e. The third-order valence-corrected chi connectivity index (χ3v) is 10.6. The number of anilines is 1. The summed E-state index contributed by atoms with van der Waals surface area (Å²) in [5.74, 6) is 0.562. The number of fused-ring (bicyclic) bond motifs is 2. The van der Waals surface area contributed by atoms with Crippen molar-refractivity contribution in [1.82, 2.24) is 10.6 Å². The SMILES string of the molecule is C[C@H](C[C@H](O)[C@H](Cc1ccccc1)NC(=O)c1cccc(N2CCCS2(=O)=O)c1)C(=O)NC1CC2CCC1C2. The van der Waals surface area contributed by atoms with Crippen LogP contribution in [0, 0.1) is 17.8 Å². The zero-order valence-electron chi connectivity index (χ0n) is 22.5. The second kappa shape index (κ2) is 11.7. The van der Waals surface area contributed by atoms with E-state index in [1.54, 1.807) is 24.3 Å². The number of hydrogen-bond donors (Lipinski definition) is 3. The second-order valence-electron chi connectivity index (χ2n) is 11.6. The number of nitrogens with zero attached hydrogens (tertiary/aromatic N) is 1. The van der Waals surface area contributed by atoms with Gasteiger partial charge in [-0.1, -0.05) is 49.7 Å². The molecular formula is C30H39N3O5S. The number of benzene rings is 2. The maximum absolute atomic E-state index is 13.3. The zero-order valence-corrected chi connectivity index (χ0v) is 23.3. The van der Waals surface area contributed by atoms with Crippen molar-refractivity contribution in [3.63, 3.8) is 0 Å². The maximum atomic E-state index is 13.3. The van der Waals surface area contributed by atoms with Gasteiger partial charge in [0.2, 0.25) is 15.9 Å². The summed E-state index contributed by atoms with van der Waals surface area (Å²) in [6, 6.07) is 15.8. The summed E-state index contributed by atoms with van der Waals surface area (Å²) < 4.78 is 26.1. The molecule has 3 N–H and O–H groups in total. The van der Waals surface area contributed by atoms with Gasteiger partial charge in [-0.25, -0.2) is 8.42 Å². The molecule has 3 aliphatic rings. The van der Waals surface area contributed by atoms with Gasteiger partial charge in [-0.2, -0.15) is 0 Å². The first kappa shape index (κ1) is 27.6. The largest absolute Gasteiger partial charge is 0.391 e. The Kier molecular flexibility index (Phi) is 8.28. The first-order valence-corrected chi connectivity index (χ1v) is 15.7. The molecule has 6 atom stereocenters. The van der Waals surface area contributed by atoms with Crippen LogP contribution in [0.3, 0.4) is 0 Å². The number of carbonyl (C=O) groups excluding carboxylic acids is 2. The van der Waals surface area contributed by atoms with E-state index in [0.29, 0.717) is 36.6 Å². The number of nitrogens with one attached hydrogen (secondary N) is 2. The Balaban J connectivity index is 1.26. The van der Waals surface area contributed by atoms with Crippen LogP contribution in [0.4, 0.5) is 5.69 Å². The number of amides is 2. The molecule has 2 aromatic rings. The Hall–Kier alpha value is -2.91. The van der Waals surface area contributed by atoms with Gasteiger partial charge in [-0.05, 0) is 74.1 Å². The number of hydrogen-bond acceptors (Lipinski definition) is 5. The van der Waals surface area contributed by atoms with Crippen LogP contribution in [0.1, 0.15) is 61.4 Å². The number of carbonyl (C=O) groups is 2. The molecule has 3 fully saturated rings. The summed E-state index contributed by atoms with van der Waals surface area (Å²) in [6.07, 6.45) is 4.93. The van der Waals surface area contributed by atoms with E-state index in [-0.39, 0.29) is 24.1 Å². The minimum absolute atomic E-state index is 0.0455. The summed E-state index contributed by atoms with van der Waals surface area (Å²) in [5, 5.41) is 17.5. The van der Waals surface area contributed by atoms with Gasteiger partial charge >= 0.3 is 0 Å². The highest BCUT2D eigenvalue weighted by atomic mass is 32.2. The molecular weight excluding hydrogens is 514 g/mol. The van der Waals surface area contributed by atoms with Crippen molar-refractivity contribution in [2.75, 3.05) is 16.6 Å². The van der Waals surface area contributed by atoms with Crippen LogP contribution in [-0.4, -0.2) is 55.8 Å². The van der Waals surface area contributed by atoms with Gasteiger partial charge in [-0.3, -0.25) is 13.9 Å². The summed E-state index contributed by atoms with van der Waals surface area (Å²) in [5.41, 5.74) is 1.74. The molecule has 2 aliphatic carbocycles. The van der Waals surface area contributed by atoms with Crippen LogP contribution in [0.15, 0.2) is 54.6 Å². The van der Waals surface area contributed by atoms with Crippen LogP contribution in [-0.2, 0) is 21.2 Å². The van der Waals surface area contributed by atoms with E-state index in [0.717, 1.165) is 17.9 Å². The molecule has 2 amide bonds. The number of aliphatic hydroxyl groups is 1. The molecule has 1 saturated heterocycles. The molecule has 0 spiro atoms. The van der Waals surface area contributed by atoms with Crippen molar-refractivity contribution in [3.8, 4) is 0 Å². The molecule has 5 rings (SSSR count). The maximum Gasteiger partial charge on any atom is 0.251 e. The van der Waals surface area contributed by atoms with Gasteiger partial charge in [0, 0.05) is 24.1 Å². The highest BCUT2D eigenvalue weighted by Gasteiger charge is 2.40. The van der Waals surface area contributed by atoms with Crippen LogP contribution in [0.5, 0.6) is 0 Å². The number of aliphatic hydroxyl groups excluding tert-OH is 1. The summed E-state index contributed by atoms with van der Waals surface area (Å²) in [4.78, 5) is 26.3. The molecule has 0 radical (unpaired) electrons. The van der Waals surface area contributed by atoms with E-state index in [1.165, 1.54) is 23.6 Å². The monoisotopic (exact) mass is 553 g/mol. The van der Waals surface area contributed by atoms with Crippen LogP contribution in [0.25, 0.3) is 0 Å². The molecule has 8 nitrogen and oxygen atoms in total. The predicted octanol–water partition coefficient (Wildman–Crippen LogP) is 3.26. The Morgan fingerprint density at radius 2 is 1.87 bits per heavy atom. The molecule has 2 aromatic carbocycles. The molecule has 39 heavy (non-hydrogen) atoms. The first-order chi connectivity index (χ1) is 18.7. The van der Waals surface area contributed by atoms with Crippen molar-refractivity contribution in [2.24, 2.45) is 17.8 Å². The van der Waals surface area contributed by atoms with E-state index in [4.69, 9.17) is 0 Å². The summed E-state index contributed by atoms with van der Waals surface area (Å²) >= 11 is 0. The fourth-order valence-corrected chi connectivity index (χ4v) is 8.07. The zero-order chi connectivity index (χ0) is 27.6. The number of sulfonamides is 1.